The highest BCUT2D eigenvalue weighted by atomic mass is 79.9. The molecular formula is C63H32Br2N4O3. The van der Waals surface area contributed by atoms with Crippen molar-refractivity contribution in [2.24, 2.45) is 0 Å². The van der Waals surface area contributed by atoms with E-state index in [9.17, 15) is 0 Å². The van der Waals surface area contributed by atoms with E-state index in [1.165, 1.54) is 0 Å². The molecule has 0 atom stereocenters. The number of halogens is 2. The van der Waals surface area contributed by atoms with E-state index in [-0.39, 0.29) is 16.3 Å². The molecule has 72 heavy (non-hydrogen) atoms. The fourth-order valence-electron chi connectivity index (χ4n) is 12.3. The van der Waals surface area contributed by atoms with Crippen molar-refractivity contribution in [3.63, 3.8) is 0 Å². The maximum Gasteiger partial charge on any atom is 0.197 e. The van der Waals surface area contributed by atoms with Gasteiger partial charge >= 0.3 is 0 Å². The van der Waals surface area contributed by atoms with E-state index in [1.54, 1.807) is 0 Å². The van der Waals surface area contributed by atoms with Crippen molar-refractivity contribution in [3.8, 4) is 28.2 Å². The molecule has 0 saturated heterocycles. The number of aromatic nitrogens is 4. The third kappa shape index (κ3) is 5.20. The Morgan fingerprint density at radius 1 is 0.264 bits per heavy atom. The van der Waals surface area contributed by atoms with Crippen LogP contribution in [0.1, 0.15) is 0 Å². The van der Waals surface area contributed by atoms with Crippen molar-refractivity contribution in [1.82, 2.24) is 18.1 Å². The SMILES string of the molecule is O=c1c2cc(-c3ccc(-n4c5ccc(Br)cc5c5cc(Br)ccc54)cc3)cc3c(=O)c4cc(-n5c6ccccc6c6ccccc65)cc5c(=O)c6cc(-n7c8ccccc8c8ccccc87)cc1c6n(c23)c45. The second-order valence-corrected chi connectivity index (χ2v) is 20.8. The Hall–Kier alpha value is -8.63. The lowest BCUT2D eigenvalue weighted by atomic mass is 9.94. The highest BCUT2D eigenvalue weighted by Crippen LogP contribution is 2.41. The van der Waals surface area contributed by atoms with Gasteiger partial charge in [0.15, 0.2) is 16.3 Å². The zero-order valence-electron chi connectivity index (χ0n) is 37.7. The number of para-hydroxylation sites is 4. The molecule has 0 unspecified atom stereocenters. The Balaban J connectivity index is 1.02. The summed E-state index contributed by atoms with van der Waals surface area (Å²) in [7, 11) is 0. The first-order chi connectivity index (χ1) is 35.3. The molecule has 336 valence electrons. The zero-order chi connectivity index (χ0) is 47.8. The third-order valence-electron chi connectivity index (χ3n) is 15.3. The number of nitrogens with zero attached hydrogens (tertiary/aromatic N) is 4. The fraction of sp³-hybridized carbons (Fsp3) is 0. The van der Waals surface area contributed by atoms with Crippen LogP contribution in [0, 0.1) is 0 Å². The number of hydrogen-bond donors (Lipinski definition) is 0. The van der Waals surface area contributed by atoms with Crippen LogP contribution in [0.2, 0.25) is 0 Å². The average Bonchev–Trinajstić information content (AvgIpc) is 4.05. The standard InChI is InChI=1S/C63H32Br2N4O3/c64-35-19-23-56-44(27-35)45-28-36(65)20-24-57(45)66(56)37-21-17-33(18-22-37)34-25-46-58-47(26-34)62(71)49-30-39(68-54-15-7-3-11-42(54)43-12-4-8-16-55(43)68)32-51-60(49)69(58)59-48(61(46)70)29-38(31-50(59)63(51)72)67-52-13-5-1-9-40(52)41-10-2-6-14-53(41)67/h1-32H. The summed E-state index contributed by atoms with van der Waals surface area (Å²) in [6.07, 6.45) is 0. The van der Waals surface area contributed by atoms with Gasteiger partial charge in [-0.05, 0) is 120 Å². The molecule has 7 nitrogen and oxygen atoms in total. The van der Waals surface area contributed by atoms with Crippen molar-refractivity contribution in [2.45, 2.75) is 0 Å². The maximum absolute atomic E-state index is 15.6. The lowest BCUT2D eigenvalue weighted by molar-refractivity contribution is 1.18. The molecule has 0 spiro atoms. The van der Waals surface area contributed by atoms with E-state index in [1.807, 2.05) is 89.3 Å². The number of hydrogen-bond acceptors (Lipinski definition) is 3. The van der Waals surface area contributed by atoms with Crippen LogP contribution in [0.4, 0.5) is 0 Å². The van der Waals surface area contributed by atoms with Gasteiger partial charge in [-0.25, -0.2) is 0 Å². The predicted octanol–water partition coefficient (Wildman–Crippen LogP) is 15.4. The predicted molar refractivity (Wildman–Crippen MR) is 304 cm³/mol. The normalized spacial score (nSPS) is 12.5. The first-order valence-electron chi connectivity index (χ1n) is 23.7. The lowest BCUT2D eigenvalue weighted by Gasteiger charge is -2.21. The molecule has 0 bridgehead atoms. The largest absolute Gasteiger partial charge is 0.309 e. The van der Waals surface area contributed by atoms with Gasteiger partial charge in [-0.15, -0.1) is 0 Å². The van der Waals surface area contributed by atoms with E-state index < -0.39 is 0 Å². The summed E-state index contributed by atoms with van der Waals surface area (Å²) >= 11 is 7.38. The van der Waals surface area contributed by atoms with Crippen molar-refractivity contribution < 1.29 is 0 Å². The van der Waals surface area contributed by atoms with Gasteiger partial charge in [0, 0.05) is 90.6 Å². The van der Waals surface area contributed by atoms with Gasteiger partial charge in [0.05, 0.1) is 49.7 Å². The quantitative estimate of drug-likeness (QED) is 0.130. The van der Waals surface area contributed by atoms with Crippen molar-refractivity contribution in [1.29, 1.82) is 0 Å². The molecule has 16 aromatic rings. The number of pyridine rings is 3. The summed E-state index contributed by atoms with van der Waals surface area (Å²) in [6.45, 7) is 0. The second kappa shape index (κ2) is 14.3. The minimum Gasteiger partial charge on any atom is -0.309 e. The smallest absolute Gasteiger partial charge is 0.197 e. The molecule has 6 aromatic heterocycles. The van der Waals surface area contributed by atoms with Crippen LogP contribution >= 0.6 is 31.9 Å². The van der Waals surface area contributed by atoms with Crippen LogP contribution in [0.15, 0.2) is 217 Å². The Kier molecular flexibility index (Phi) is 7.95. The maximum atomic E-state index is 15.6. The molecule has 16 rings (SSSR count). The first-order valence-corrected chi connectivity index (χ1v) is 25.3. The zero-order valence-corrected chi connectivity index (χ0v) is 40.9. The van der Waals surface area contributed by atoms with Crippen molar-refractivity contribution >= 4 is 146 Å². The van der Waals surface area contributed by atoms with Gasteiger partial charge in [0.1, 0.15) is 0 Å². The molecule has 0 amide bonds. The van der Waals surface area contributed by atoms with Gasteiger partial charge in [0.25, 0.3) is 0 Å². The average molecular weight is 1050 g/mol. The van der Waals surface area contributed by atoms with Crippen LogP contribution in [0.5, 0.6) is 0 Å². The molecule has 0 N–H and O–H groups in total. The Bertz CT molecular complexity index is 4860. The molecule has 0 aliphatic carbocycles. The van der Waals surface area contributed by atoms with Crippen LogP contribution in [0.3, 0.4) is 0 Å². The molecule has 0 radical (unpaired) electrons. The van der Waals surface area contributed by atoms with E-state index in [2.05, 4.69) is 155 Å². The molecule has 0 saturated carbocycles. The van der Waals surface area contributed by atoms with E-state index in [0.717, 1.165) is 91.2 Å². The minimum absolute atomic E-state index is 0.239. The highest BCUT2D eigenvalue weighted by molar-refractivity contribution is 9.10. The Morgan fingerprint density at radius 3 is 0.958 bits per heavy atom. The summed E-state index contributed by atoms with van der Waals surface area (Å²) in [5.41, 5.74) is 10.8. The van der Waals surface area contributed by atoms with E-state index >= 15 is 14.4 Å². The third-order valence-corrected chi connectivity index (χ3v) is 16.2. The molecule has 6 heterocycles. The molecule has 0 aliphatic heterocycles. The summed E-state index contributed by atoms with van der Waals surface area (Å²) in [5, 5.41) is 9.00. The molecule has 10 aromatic carbocycles. The highest BCUT2D eigenvalue weighted by Gasteiger charge is 2.27. The van der Waals surface area contributed by atoms with Crippen molar-refractivity contribution in [2.75, 3.05) is 0 Å². The summed E-state index contributed by atoms with van der Waals surface area (Å²) in [6, 6.07) is 65.6. The minimum atomic E-state index is -0.239. The van der Waals surface area contributed by atoms with Gasteiger partial charge in [-0.2, -0.15) is 0 Å². The summed E-state index contributed by atoms with van der Waals surface area (Å²) < 4.78 is 10.6. The monoisotopic (exact) mass is 1050 g/mol. The van der Waals surface area contributed by atoms with Crippen LogP contribution in [-0.2, 0) is 0 Å². The Morgan fingerprint density at radius 2 is 0.583 bits per heavy atom. The van der Waals surface area contributed by atoms with Crippen LogP contribution < -0.4 is 16.3 Å². The topological polar surface area (TPSA) is 70.4 Å². The molecule has 9 heteroatoms. The van der Waals surface area contributed by atoms with E-state index in [0.29, 0.717) is 60.2 Å². The molecule has 0 aliphatic rings. The molecule has 0 fully saturated rings. The number of rotatable bonds is 4. The van der Waals surface area contributed by atoms with Gasteiger partial charge in [-0.3, -0.25) is 14.4 Å². The molecular weight excluding hydrogens is 1020 g/mol. The summed E-state index contributed by atoms with van der Waals surface area (Å²) in [4.78, 5) is 46.7. The first kappa shape index (κ1) is 40.1. The van der Waals surface area contributed by atoms with E-state index in [4.69, 9.17) is 0 Å². The fourth-order valence-corrected chi connectivity index (χ4v) is 13.0. The van der Waals surface area contributed by atoms with Crippen LogP contribution in [0.25, 0.3) is 142 Å². The van der Waals surface area contributed by atoms with Crippen molar-refractivity contribution in [3.05, 3.63) is 234 Å². The second-order valence-electron chi connectivity index (χ2n) is 19.0. The van der Waals surface area contributed by atoms with Gasteiger partial charge in [-0.1, -0.05) is 117 Å². The van der Waals surface area contributed by atoms with Crippen LogP contribution in [-0.4, -0.2) is 18.1 Å². The number of fused-ring (bicyclic) bond motifs is 9. The lowest BCUT2D eigenvalue weighted by Crippen LogP contribution is -2.20. The Labute approximate surface area is 423 Å². The summed E-state index contributed by atoms with van der Waals surface area (Å²) in [5.74, 6) is 0. The van der Waals surface area contributed by atoms with Gasteiger partial charge in [0.2, 0.25) is 0 Å². The van der Waals surface area contributed by atoms with Gasteiger partial charge < -0.3 is 18.1 Å². The number of benzene rings is 10.